The van der Waals surface area contributed by atoms with Gasteiger partial charge in [-0.15, -0.1) is 0 Å². The molecule has 148 valence electrons. The predicted molar refractivity (Wildman–Crippen MR) is 109 cm³/mol. The van der Waals surface area contributed by atoms with E-state index in [0.717, 1.165) is 5.56 Å². The second-order valence-corrected chi connectivity index (χ2v) is 8.33. The van der Waals surface area contributed by atoms with Crippen molar-refractivity contribution in [3.8, 4) is 0 Å². The Labute approximate surface area is 168 Å². The molecule has 2 heterocycles. The molecular formula is C21H19N3O4S. The van der Waals surface area contributed by atoms with Gasteiger partial charge in [0.05, 0.1) is 16.9 Å². The van der Waals surface area contributed by atoms with Gasteiger partial charge < -0.3 is 4.42 Å². The highest BCUT2D eigenvalue weighted by molar-refractivity contribution is 7.92. The number of furan rings is 1. The zero-order valence-corrected chi connectivity index (χ0v) is 16.5. The van der Waals surface area contributed by atoms with Crippen molar-refractivity contribution in [3.63, 3.8) is 0 Å². The number of carbonyl (C=O) groups is 1. The van der Waals surface area contributed by atoms with E-state index >= 15 is 0 Å². The van der Waals surface area contributed by atoms with Crippen molar-refractivity contribution in [2.24, 2.45) is 5.10 Å². The minimum atomic E-state index is -3.69. The maximum Gasteiger partial charge on any atom is 0.261 e. The molecule has 0 fully saturated rings. The SMILES string of the molecule is CC(=O)N1N=C(c2cccc(NS(=O)(=O)c3ccccc3)c2)C[C@H]1c1ccco1. The van der Waals surface area contributed by atoms with E-state index in [0.29, 0.717) is 23.6 Å². The van der Waals surface area contributed by atoms with Crippen molar-refractivity contribution in [3.05, 3.63) is 84.3 Å². The lowest BCUT2D eigenvalue weighted by molar-refractivity contribution is -0.130. The van der Waals surface area contributed by atoms with Crippen LogP contribution in [0.2, 0.25) is 0 Å². The summed E-state index contributed by atoms with van der Waals surface area (Å²) in [5.41, 5.74) is 1.84. The lowest BCUT2D eigenvalue weighted by atomic mass is 10.0. The second kappa shape index (κ2) is 7.56. The van der Waals surface area contributed by atoms with Crippen LogP contribution in [0.4, 0.5) is 5.69 Å². The van der Waals surface area contributed by atoms with E-state index in [-0.39, 0.29) is 16.8 Å². The first kappa shape index (κ1) is 18.9. The average Bonchev–Trinajstić information content (AvgIpc) is 3.38. The number of nitrogens with zero attached hydrogens (tertiary/aromatic N) is 2. The van der Waals surface area contributed by atoms with Crippen LogP contribution < -0.4 is 4.72 Å². The van der Waals surface area contributed by atoms with Crippen molar-refractivity contribution >= 4 is 27.3 Å². The lowest BCUT2D eigenvalue weighted by Crippen LogP contribution is -2.23. The molecule has 1 aromatic heterocycles. The molecule has 1 N–H and O–H groups in total. The fourth-order valence-corrected chi connectivity index (χ4v) is 4.32. The lowest BCUT2D eigenvalue weighted by Gasteiger charge is -2.17. The Balaban J connectivity index is 1.61. The Morgan fingerprint density at radius 3 is 2.59 bits per heavy atom. The van der Waals surface area contributed by atoms with E-state index in [1.54, 1.807) is 48.7 Å². The Kier molecular flexibility index (Phi) is 4.94. The van der Waals surface area contributed by atoms with Crippen molar-refractivity contribution < 1.29 is 17.6 Å². The summed E-state index contributed by atoms with van der Waals surface area (Å²) in [5.74, 6) is 0.460. The molecule has 0 saturated heterocycles. The highest BCUT2D eigenvalue weighted by Gasteiger charge is 2.33. The third kappa shape index (κ3) is 3.93. The van der Waals surface area contributed by atoms with Gasteiger partial charge in [0.2, 0.25) is 5.91 Å². The van der Waals surface area contributed by atoms with E-state index in [4.69, 9.17) is 4.42 Å². The average molecular weight is 409 g/mol. The van der Waals surface area contributed by atoms with Crippen LogP contribution in [-0.4, -0.2) is 25.0 Å². The number of amides is 1. The van der Waals surface area contributed by atoms with E-state index < -0.39 is 10.0 Å². The van der Waals surface area contributed by atoms with E-state index in [9.17, 15) is 13.2 Å². The molecule has 0 radical (unpaired) electrons. The smallest absolute Gasteiger partial charge is 0.261 e. The van der Waals surface area contributed by atoms with E-state index in [1.807, 2.05) is 12.1 Å². The Morgan fingerprint density at radius 1 is 1.10 bits per heavy atom. The van der Waals surface area contributed by atoms with Gasteiger partial charge in [0, 0.05) is 19.0 Å². The summed E-state index contributed by atoms with van der Waals surface area (Å²) < 4.78 is 33.2. The van der Waals surface area contributed by atoms with Gasteiger partial charge in [0.25, 0.3) is 10.0 Å². The van der Waals surface area contributed by atoms with Gasteiger partial charge in [0.1, 0.15) is 11.8 Å². The number of sulfonamides is 1. The summed E-state index contributed by atoms with van der Waals surface area (Å²) >= 11 is 0. The predicted octanol–water partition coefficient (Wildman–Crippen LogP) is 3.78. The first-order valence-electron chi connectivity index (χ1n) is 9.03. The minimum absolute atomic E-state index is 0.184. The van der Waals surface area contributed by atoms with Gasteiger partial charge in [-0.25, -0.2) is 13.4 Å². The molecule has 0 saturated carbocycles. The van der Waals surface area contributed by atoms with Gasteiger partial charge in [-0.3, -0.25) is 9.52 Å². The Bertz CT molecular complexity index is 1160. The molecule has 2 aromatic carbocycles. The number of anilines is 1. The number of nitrogens with one attached hydrogen (secondary N) is 1. The van der Waals surface area contributed by atoms with Gasteiger partial charge in [-0.2, -0.15) is 5.10 Å². The molecule has 0 unspecified atom stereocenters. The van der Waals surface area contributed by atoms with Crippen LogP contribution in [0.1, 0.15) is 30.7 Å². The normalized spacial score (nSPS) is 16.5. The van der Waals surface area contributed by atoms with Crippen LogP contribution in [0.15, 0.2) is 87.4 Å². The number of hydrogen-bond donors (Lipinski definition) is 1. The van der Waals surface area contributed by atoms with Crippen molar-refractivity contribution in [2.45, 2.75) is 24.3 Å². The molecule has 29 heavy (non-hydrogen) atoms. The van der Waals surface area contributed by atoms with Crippen molar-refractivity contribution in [1.82, 2.24) is 5.01 Å². The highest BCUT2D eigenvalue weighted by Crippen LogP contribution is 2.33. The summed E-state index contributed by atoms with van der Waals surface area (Å²) in [4.78, 5) is 12.2. The molecule has 8 heteroatoms. The number of hydrazone groups is 1. The maximum atomic E-state index is 12.6. The largest absolute Gasteiger partial charge is 0.467 e. The molecule has 3 aromatic rings. The zero-order chi connectivity index (χ0) is 20.4. The van der Waals surface area contributed by atoms with Crippen LogP contribution in [0.5, 0.6) is 0 Å². The Hall–Kier alpha value is -3.39. The molecule has 1 aliphatic heterocycles. The molecule has 1 atom stereocenters. The zero-order valence-electron chi connectivity index (χ0n) is 15.6. The summed E-state index contributed by atoms with van der Waals surface area (Å²) in [6, 6.07) is 18.4. The Morgan fingerprint density at radius 2 is 1.90 bits per heavy atom. The fraction of sp³-hybridized carbons (Fsp3) is 0.143. The second-order valence-electron chi connectivity index (χ2n) is 6.64. The van der Waals surface area contributed by atoms with Crippen molar-refractivity contribution in [2.75, 3.05) is 4.72 Å². The number of carbonyl (C=O) groups excluding carboxylic acids is 1. The quantitative estimate of drug-likeness (QED) is 0.694. The van der Waals surface area contributed by atoms with Crippen LogP contribution in [-0.2, 0) is 14.8 Å². The van der Waals surface area contributed by atoms with Gasteiger partial charge in [0.15, 0.2) is 0 Å². The van der Waals surface area contributed by atoms with Crippen LogP contribution >= 0.6 is 0 Å². The molecule has 0 bridgehead atoms. The summed E-state index contributed by atoms with van der Waals surface area (Å²) in [7, 11) is -3.69. The first-order chi connectivity index (χ1) is 13.9. The van der Waals surface area contributed by atoms with Crippen molar-refractivity contribution in [1.29, 1.82) is 0 Å². The van der Waals surface area contributed by atoms with Crippen LogP contribution in [0, 0.1) is 0 Å². The minimum Gasteiger partial charge on any atom is -0.467 e. The summed E-state index contributed by atoms with van der Waals surface area (Å²) in [5, 5.41) is 5.85. The van der Waals surface area contributed by atoms with E-state index in [2.05, 4.69) is 9.82 Å². The maximum absolute atomic E-state index is 12.6. The molecule has 4 rings (SSSR count). The first-order valence-corrected chi connectivity index (χ1v) is 10.5. The van der Waals surface area contributed by atoms with Crippen LogP contribution in [0.25, 0.3) is 0 Å². The van der Waals surface area contributed by atoms with E-state index in [1.165, 1.54) is 24.1 Å². The fourth-order valence-electron chi connectivity index (χ4n) is 3.25. The summed E-state index contributed by atoms with van der Waals surface area (Å²) in [6.07, 6.45) is 2.03. The molecule has 7 nitrogen and oxygen atoms in total. The number of benzene rings is 2. The van der Waals surface area contributed by atoms with Gasteiger partial charge in [-0.1, -0.05) is 30.3 Å². The molecule has 0 aliphatic carbocycles. The monoisotopic (exact) mass is 409 g/mol. The number of rotatable bonds is 5. The molecule has 1 amide bonds. The number of hydrogen-bond acceptors (Lipinski definition) is 5. The van der Waals surface area contributed by atoms with Crippen LogP contribution in [0.3, 0.4) is 0 Å². The van der Waals surface area contributed by atoms with Gasteiger partial charge in [-0.05, 0) is 42.0 Å². The topological polar surface area (TPSA) is 92.0 Å². The standard InChI is InChI=1S/C21H19N3O4S/c1-15(25)24-20(21-11-6-12-28-21)14-19(22-24)16-7-5-8-17(13-16)23-29(26,27)18-9-3-2-4-10-18/h2-13,20,23H,14H2,1H3/t20-/m0/s1. The highest BCUT2D eigenvalue weighted by atomic mass is 32.2. The molecule has 1 aliphatic rings. The van der Waals surface area contributed by atoms with Gasteiger partial charge >= 0.3 is 0 Å². The molecular weight excluding hydrogens is 390 g/mol. The summed E-state index contributed by atoms with van der Waals surface area (Å²) in [6.45, 7) is 1.45. The third-order valence-electron chi connectivity index (χ3n) is 4.61. The third-order valence-corrected chi connectivity index (χ3v) is 6.00. The molecule has 0 spiro atoms.